The van der Waals surface area contributed by atoms with Crippen LogP contribution in [0.2, 0.25) is 0 Å². The molecular weight excluding hydrogens is 176 g/mol. The van der Waals surface area contributed by atoms with Crippen LogP contribution in [0, 0.1) is 0 Å². The summed E-state index contributed by atoms with van der Waals surface area (Å²) in [5.41, 5.74) is 5.91. The van der Waals surface area contributed by atoms with E-state index in [1.54, 1.807) is 0 Å². The minimum Gasteiger partial charge on any atom is -0.376 e. The molecule has 1 rings (SSSR count). The van der Waals surface area contributed by atoms with Gasteiger partial charge in [-0.25, -0.2) is 0 Å². The van der Waals surface area contributed by atoms with Gasteiger partial charge in [0, 0.05) is 25.2 Å². The van der Waals surface area contributed by atoms with Crippen molar-refractivity contribution in [3.05, 3.63) is 0 Å². The van der Waals surface area contributed by atoms with E-state index >= 15 is 0 Å². The fourth-order valence-corrected chi connectivity index (χ4v) is 1.82. The molecule has 0 aromatic carbocycles. The molecule has 3 atom stereocenters. The van der Waals surface area contributed by atoms with Gasteiger partial charge in [-0.05, 0) is 26.7 Å². The molecule has 0 aliphatic carbocycles. The van der Waals surface area contributed by atoms with E-state index in [0.29, 0.717) is 18.2 Å². The Morgan fingerprint density at radius 1 is 1.50 bits per heavy atom. The highest BCUT2D eigenvalue weighted by Gasteiger charge is 2.22. The normalized spacial score (nSPS) is 31.7. The van der Waals surface area contributed by atoms with Crippen LogP contribution in [0.1, 0.15) is 33.6 Å². The molecule has 0 bridgehead atoms. The summed E-state index contributed by atoms with van der Waals surface area (Å²) < 4.78 is 5.58. The largest absolute Gasteiger partial charge is 0.376 e. The van der Waals surface area contributed by atoms with Gasteiger partial charge in [0.15, 0.2) is 0 Å². The monoisotopic (exact) mass is 200 g/mol. The molecule has 84 valence electrons. The van der Waals surface area contributed by atoms with E-state index in [4.69, 9.17) is 10.5 Å². The Hall–Kier alpha value is -0.120. The van der Waals surface area contributed by atoms with Crippen LogP contribution in [0.4, 0.5) is 0 Å². The van der Waals surface area contributed by atoms with Crippen LogP contribution < -0.4 is 5.73 Å². The van der Waals surface area contributed by atoms with Gasteiger partial charge in [-0.3, -0.25) is 4.90 Å². The maximum Gasteiger partial charge on any atom is 0.0674 e. The maximum absolute atomic E-state index is 5.91. The van der Waals surface area contributed by atoms with Crippen molar-refractivity contribution in [1.29, 1.82) is 0 Å². The third-order valence-electron chi connectivity index (χ3n) is 3.05. The number of nitrogens with two attached hydrogens (primary N) is 1. The predicted octanol–water partition coefficient (Wildman–Crippen LogP) is 1.22. The van der Waals surface area contributed by atoms with E-state index in [0.717, 1.165) is 32.5 Å². The van der Waals surface area contributed by atoms with Crippen molar-refractivity contribution in [2.24, 2.45) is 5.73 Å². The number of hydrogen-bond acceptors (Lipinski definition) is 3. The lowest BCUT2D eigenvalue weighted by Gasteiger charge is -2.37. The highest BCUT2D eigenvalue weighted by molar-refractivity contribution is 4.76. The molecule has 0 radical (unpaired) electrons. The molecule has 3 nitrogen and oxygen atoms in total. The number of morpholine rings is 1. The third kappa shape index (κ3) is 3.56. The second-order valence-electron chi connectivity index (χ2n) is 4.44. The van der Waals surface area contributed by atoms with Crippen LogP contribution in [0.25, 0.3) is 0 Å². The molecule has 0 aromatic rings. The van der Waals surface area contributed by atoms with Gasteiger partial charge in [0.2, 0.25) is 0 Å². The zero-order valence-corrected chi connectivity index (χ0v) is 9.70. The maximum atomic E-state index is 5.91. The second-order valence-corrected chi connectivity index (χ2v) is 4.44. The van der Waals surface area contributed by atoms with Crippen LogP contribution in [0.5, 0.6) is 0 Å². The molecular formula is C11H24N2O. The van der Waals surface area contributed by atoms with Crippen LogP contribution >= 0.6 is 0 Å². The molecule has 14 heavy (non-hydrogen) atoms. The van der Waals surface area contributed by atoms with Crippen LogP contribution in [0.3, 0.4) is 0 Å². The van der Waals surface area contributed by atoms with E-state index in [2.05, 4.69) is 25.7 Å². The molecule has 0 saturated carbocycles. The average molecular weight is 200 g/mol. The molecule has 0 spiro atoms. The summed E-state index contributed by atoms with van der Waals surface area (Å²) in [4.78, 5) is 2.49. The average Bonchev–Trinajstić information content (AvgIpc) is 2.19. The van der Waals surface area contributed by atoms with Gasteiger partial charge in [0.1, 0.15) is 0 Å². The Kier molecular flexibility index (Phi) is 4.85. The van der Waals surface area contributed by atoms with Gasteiger partial charge in [0.25, 0.3) is 0 Å². The summed E-state index contributed by atoms with van der Waals surface area (Å²) in [6.45, 7) is 9.54. The van der Waals surface area contributed by atoms with Gasteiger partial charge < -0.3 is 10.5 Å². The number of ether oxygens (including phenoxy) is 1. The van der Waals surface area contributed by atoms with Crippen molar-refractivity contribution in [2.75, 3.05) is 19.7 Å². The number of hydrogen-bond donors (Lipinski definition) is 1. The lowest BCUT2D eigenvalue weighted by Crippen LogP contribution is -2.48. The van der Waals surface area contributed by atoms with Crippen molar-refractivity contribution < 1.29 is 4.74 Å². The topological polar surface area (TPSA) is 38.5 Å². The first kappa shape index (κ1) is 12.0. The van der Waals surface area contributed by atoms with Gasteiger partial charge >= 0.3 is 0 Å². The molecule has 1 saturated heterocycles. The molecule has 1 aliphatic heterocycles. The minimum atomic E-state index is 0.361. The van der Waals surface area contributed by atoms with Gasteiger partial charge in [-0.15, -0.1) is 0 Å². The molecule has 0 amide bonds. The summed E-state index contributed by atoms with van der Waals surface area (Å²) in [5.74, 6) is 0. The van der Waals surface area contributed by atoms with Crippen LogP contribution in [-0.2, 0) is 4.74 Å². The van der Waals surface area contributed by atoms with Crippen molar-refractivity contribution in [2.45, 2.75) is 51.8 Å². The van der Waals surface area contributed by atoms with Crippen molar-refractivity contribution in [1.82, 2.24) is 4.90 Å². The first-order valence-corrected chi connectivity index (χ1v) is 5.74. The van der Waals surface area contributed by atoms with Crippen molar-refractivity contribution in [3.63, 3.8) is 0 Å². The van der Waals surface area contributed by atoms with Gasteiger partial charge in [-0.2, -0.15) is 0 Å². The molecule has 3 unspecified atom stereocenters. The molecule has 3 heteroatoms. The first-order valence-electron chi connectivity index (χ1n) is 5.74. The summed E-state index contributed by atoms with van der Waals surface area (Å²) in [7, 11) is 0. The van der Waals surface area contributed by atoms with E-state index in [1.807, 2.05) is 0 Å². The Morgan fingerprint density at radius 2 is 2.21 bits per heavy atom. The van der Waals surface area contributed by atoms with E-state index in [1.165, 1.54) is 0 Å². The molecule has 1 fully saturated rings. The molecule has 0 aromatic heterocycles. The lowest BCUT2D eigenvalue weighted by atomic mass is 10.1. The molecule has 1 heterocycles. The summed E-state index contributed by atoms with van der Waals surface area (Å²) in [6.07, 6.45) is 2.56. The SMILES string of the molecule is CCC(N)CCN1CC(C)OCC1C. The van der Waals surface area contributed by atoms with Crippen LogP contribution in [-0.4, -0.2) is 42.8 Å². The molecule has 1 aliphatic rings. The molecule has 2 N–H and O–H groups in total. The van der Waals surface area contributed by atoms with Crippen molar-refractivity contribution >= 4 is 0 Å². The van der Waals surface area contributed by atoms with Crippen molar-refractivity contribution in [3.8, 4) is 0 Å². The minimum absolute atomic E-state index is 0.361. The highest BCUT2D eigenvalue weighted by atomic mass is 16.5. The fourth-order valence-electron chi connectivity index (χ4n) is 1.82. The van der Waals surface area contributed by atoms with Crippen LogP contribution in [0.15, 0.2) is 0 Å². The zero-order chi connectivity index (χ0) is 10.6. The smallest absolute Gasteiger partial charge is 0.0674 e. The number of rotatable bonds is 4. The third-order valence-corrected chi connectivity index (χ3v) is 3.05. The standard InChI is InChI=1S/C11H24N2O/c1-4-11(12)5-6-13-7-10(3)14-8-9(13)2/h9-11H,4-8,12H2,1-3H3. The highest BCUT2D eigenvalue weighted by Crippen LogP contribution is 2.12. The summed E-state index contributed by atoms with van der Waals surface area (Å²) in [5, 5.41) is 0. The van der Waals surface area contributed by atoms with Gasteiger partial charge in [0.05, 0.1) is 12.7 Å². The summed E-state index contributed by atoms with van der Waals surface area (Å²) >= 11 is 0. The number of nitrogens with zero attached hydrogens (tertiary/aromatic N) is 1. The Morgan fingerprint density at radius 3 is 2.86 bits per heavy atom. The van der Waals surface area contributed by atoms with Gasteiger partial charge in [-0.1, -0.05) is 6.92 Å². The fraction of sp³-hybridized carbons (Fsp3) is 1.00. The van der Waals surface area contributed by atoms with E-state index in [9.17, 15) is 0 Å². The van der Waals surface area contributed by atoms with E-state index < -0.39 is 0 Å². The second kappa shape index (κ2) is 5.69. The lowest BCUT2D eigenvalue weighted by molar-refractivity contribution is -0.0499. The Labute approximate surface area is 87.6 Å². The zero-order valence-electron chi connectivity index (χ0n) is 9.70. The van der Waals surface area contributed by atoms with E-state index in [-0.39, 0.29) is 0 Å². The predicted molar refractivity (Wildman–Crippen MR) is 59.3 cm³/mol. The summed E-state index contributed by atoms with van der Waals surface area (Å²) in [6, 6.07) is 0.913. The quantitative estimate of drug-likeness (QED) is 0.741. The first-order chi connectivity index (χ1) is 6.63. The Bertz CT molecular complexity index is 163. The Balaban J connectivity index is 2.27.